The van der Waals surface area contributed by atoms with Crippen LogP contribution in [0.3, 0.4) is 0 Å². The second-order valence-corrected chi connectivity index (χ2v) is 4.25. The SMILES string of the molecule is C=I/C(C#CC)=C\CN=NCI. The molecule has 0 N–H and O–H groups in total. The average molecular weight is 388 g/mol. The molecule has 12 heavy (non-hydrogen) atoms. The van der Waals surface area contributed by atoms with Crippen LogP contribution in [0.15, 0.2) is 19.9 Å². The summed E-state index contributed by atoms with van der Waals surface area (Å²) in [5.74, 6) is 5.86. The molecule has 0 aromatic rings. The molecule has 0 aliphatic carbocycles. The van der Waals surface area contributed by atoms with Crippen molar-refractivity contribution in [2.75, 3.05) is 11.1 Å². The van der Waals surface area contributed by atoms with E-state index in [9.17, 15) is 0 Å². The first kappa shape index (κ1) is 12.2. The highest BCUT2D eigenvalue weighted by Crippen LogP contribution is 2.09. The fourth-order valence-electron chi connectivity index (χ4n) is 0.475. The third-order valence-corrected chi connectivity index (χ3v) is 2.73. The van der Waals surface area contributed by atoms with Gasteiger partial charge in [0.05, 0.1) is 10.1 Å². The van der Waals surface area contributed by atoms with Gasteiger partial charge in [-0.2, -0.15) is 10.2 Å². The fraction of sp³-hybridized carbons (Fsp3) is 0.375. The first-order valence-corrected chi connectivity index (χ1v) is 7.38. The topological polar surface area (TPSA) is 24.7 Å². The Morgan fingerprint density at radius 1 is 1.67 bits per heavy atom. The molecule has 0 unspecified atom stereocenters. The first-order valence-electron chi connectivity index (χ1n) is 3.25. The molecular weight excluding hydrogens is 378 g/mol. The molecule has 0 radical (unpaired) electrons. The van der Waals surface area contributed by atoms with E-state index < -0.39 is 0 Å². The van der Waals surface area contributed by atoms with Crippen LogP contribution in [0.5, 0.6) is 0 Å². The third-order valence-electron chi connectivity index (χ3n) is 0.894. The average Bonchev–Trinajstić information content (AvgIpc) is 2.10. The molecule has 0 aromatic heterocycles. The molecule has 0 spiro atoms. The van der Waals surface area contributed by atoms with Gasteiger partial charge in [-0.1, -0.05) is 53.8 Å². The van der Waals surface area contributed by atoms with Crippen LogP contribution in [0.4, 0.5) is 0 Å². The van der Waals surface area contributed by atoms with E-state index in [1.54, 1.807) is 0 Å². The van der Waals surface area contributed by atoms with Crippen LogP contribution < -0.4 is 0 Å². The Morgan fingerprint density at radius 2 is 2.42 bits per heavy atom. The van der Waals surface area contributed by atoms with Crippen molar-refractivity contribution in [3.05, 3.63) is 9.66 Å². The van der Waals surface area contributed by atoms with Crippen molar-refractivity contribution in [3.8, 4) is 11.8 Å². The van der Waals surface area contributed by atoms with E-state index in [1.165, 1.54) is 0 Å². The van der Waals surface area contributed by atoms with Crippen LogP contribution >= 0.6 is 43.3 Å². The number of alkyl halides is 1. The molecule has 66 valence electrons. The lowest BCUT2D eigenvalue weighted by atomic mass is 10.5. The predicted molar refractivity (Wildman–Crippen MR) is 71.3 cm³/mol. The fourth-order valence-corrected chi connectivity index (χ4v) is 1.66. The van der Waals surface area contributed by atoms with Crippen molar-refractivity contribution in [2.24, 2.45) is 10.2 Å². The van der Waals surface area contributed by atoms with Crippen molar-refractivity contribution in [3.63, 3.8) is 0 Å². The minimum Gasteiger partial charge on any atom is -0.189 e. The van der Waals surface area contributed by atoms with Gasteiger partial charge in [-0.05, 0) is 13.0 Å². The standard InChI is InChI=1S/C8H10I2N2/c1-3-4-8(10-2)5-6-11-12-7-9/h5H,2,6-7H2,1H3/b8-5-,12-11?. The van der Waals surface area contributed by atoms with Gasteiger partial charge in [-0.3, -0.25) is 0 Å². The Hall–Kier alpha value is 0.230. The highest BCUT2D eigenvalue weighted by molar-refractivity contribution is 14.2. The molecule has 0 rings (SSSR count). The van der Waals surface area contributed by atoms with Crippen molar-refractivity contribution >= 4 is 47.8 Å². The lowest BCUT2D eigenvalue weighted by Crippen LogP contribution is -1.73. The van der Waals surface area contributed by atoms with Crippen LogP contribution in [0.2, 0.25) is 0 Å². The molecule has 0 bridgehead atoms. The maximum atomic E-state index is 3.92. The number of nitrogens with zero attached hydrogens (tertiary/aromatic N) is 2. The van der Waals surface area contributed by atoms with E-state index >= 15 is 0 Å². The Bertz CT molecular complexity index is 246. The number of halogens is 2. The van der Waals surface area contributed by atoms with E-state index in [0.29, 0.717) is 6.54 Å². The Kier molecular flexibility index (Phi) is 9.50. The van der Waals surface area contributed by atoms with Crippen LogP contribution in [0, 0.1) is 11.8 Å². The molecule has 2 nitrogen and oxygen atoms in total. The van der Waals surface area contributed by atoms with Crippen LogP contribution in [0.1, 0.15) is 6.92 Å². The van der Waals surface area contributed by atoms with E-state index in [1.807, 2.05) is 13.0 Å². The van der Waals surface area contributed by atoms with Gasteiger partial charge in [0, 0.05) is 0 Å². The van der Waals surface area contributed by atoms with Gasteiger partial charge in [-0.25, -0.2) is 0 Å². The predicted octanol–water partition coefficient (Wildman–Crippen LogP) is 3.14. The van der Waals surface area contributed by atoms with Crippen molar-refractivity contribution in [1.82, 2.24) is 0 Å². The quantitative estimate of drug-likeness (QED) is 0.233. The number of azo groups is 1. The summed E-state index contributed by atoms with van der Waals surface area (Å²) >= 11 is 2.00. The summed E-state index contributed by atoms with van der Waals surface area (Å²) < 4.78 is 5.73. The molecular formula is C8H10I2N2. The lowest BCUT2D eigenvalue weighted by molar-refractivity contribution is 1.02. The zero-order chi connectivity index (χ0) is 9.23. The molecule has 0 aliphatic rings. The summed E-state index contributed by atoms with van der Waals surface area (Å²) in [5, 5.41) is 7.77. The van der Waals surface area contributed by atoms with Gasteiger partial charge < -0.3 is 0 Å². The Balaban J connectivity index is 4.00. The molecule has 0 aromatic carbocycles. The summed E-state index contributed by atoms with van der Waals surface area (Å²) in [6, 6.07) is 0. The number of hydrogen-bond donors (Lipinski definition) is 0. The van der Waals surface area contributed by atoms with Crippen LogP contribution in [-0.4, -0.2) is 15.6 Å². The number of rotatable bonds is 4. The van der Waals surface area contributed by atoms with E-state index in [2.05, 4.69) is 49.2 Å². The van der Waals surface area contributed by atoms with E-state index in [4.69, 9.17) is 0 Å². The van der Waals surface area contributed by atoms with Crippen molar-refractivity contribution in [2.45, 2.75) is 6.92 Å². The molecule has 4 heteroatoms. The molecule has 0 aliphatic heterocycles. The maximum Gasteiger partial charge on any atom is 0.111 e. The molecule has 0 heterocycles. The monoisotopic (exact) mass is 388 g/mol. The molecule has 0 atom stereocenters. The van der Waals surface area contributed by atoms with Crippen molar-refractivity contribution in [1.29, 1.82) is 0 Å². The highest BCUT2D eigenvalue weighted by atomic mass is 127. The largest absolute Gasteiger partial charge is 0.189 e. The molecule has 0 fully saturated rings. The molecule has 0 saturated carbocycles. The lowest BCUT2D eigenvalue weighted by Gasteiger charge is -1.85. The van der Waals surface area contributed by atoms with Crippen LogP contribution in [-0.2, 0) is 0 Å². The molecule has 0 saturated heterocycles. The first-order chi connectivity index (χ1) is 5.85. The Morgan fingerprint density at radius 3 is 2.92 bits per heavy atom. The van der Waals surface area contributed by atoms with Crippen molar-refractivity contribution < 1.29 is 0 Å². The maximum absolute atomic E-state index is 3.92. The minimum atomic E-state index is -0.153. The Labute approximate surface area is 96.8 Å². The van der Waals surface area contributed by atoms with Gasteiger partial charge in [-0.15, -0.1) is 5.92 Å². The van der Waals surface area contributed by atoms with Gasteiger partial charge in [0.25, 0.3) is 0 Å². The second kappa shape index (κ2) is 9.32. The third kappa shape index (κ3) is 6.91. The normalized spacial score (nSPS) is 11.3. The van der Waals surface area contributed by atoms with Gasteiger partial charge >= 0.3 is 0 Å². The van der Waals surface area contributed by atoms with Gasteiger partial charge in [0.2, 0.25) is 0 Å². The van der Waals surface area contributed by atoms with Crippen LogP contribution in [0.25, 0.3) is 0 Å². The minimum absolute atomic E-state index is 0.153. The summed E-state index contributed by atoms with van der Waals surface area (Å²) in [6.07, 6.45) is 2.01. The smallest absolute Gasteiger partial charge is 0.111 e. The summed E-state index contributed by atoms with van der Waals surface area (Å²) in [5.41, 5.74) is 0. The van der Waals surface area contributed by atoms with E-state index in [0.717, 1.165) is 8.13 Å². The number of allylic oxidation sites excluding steroid dienone is 1. The van der Waals surface area contributed by atoms with Gasteiger partial charge in [0.1, 0.15) is 4.55 Å². The zero-order valence-corrected chi connectivity index (χ0v) is 11.2. The van der Waals surface area contributed by atoms with E-state index in [-0.39, 0.29) is 20.7 Å². The summed E-state index contributed by atoms with van der Waals surface area (Å²) in [7, 11) is 0. The summed E-state index contributed by atoms with van der Waals surface area (Å²) in [6.45, 7) is 2.47. The summed E-state index contributed by atoms with van der Waals surface area (Å²) in [4.78, 5) is 0. The highest BCUT2D eigenvalue weighted by Gasteiger charge is 1.82. The second-order valence-electron chi connectivity index (χ2n) is 1.65. The zero-order valence-electron chi connectivity index (χ0n) is 6.85. The van der Waals surface area contributed by atoms with Gasteiger partial charge in [0.15, 0.2) is 0 Å². The number of hydrogen-bond acceptors (Lipinski definition) is 2. The molecule has 0 amide bonds.